The number of hydrogen-bond donors (Lipinski definition) is 0. The van der Waals surface area contributed by atoms with Crippen LogP contribution in [0.15, 0.2) is 41.4 Å². The Hall–Kier alpha value is -1.99. The summed E-state index contributed by atoms with van der Waals surface area (Å²) >= 11 is 13.9. The number of ketones is 1. The van der Waals surface area contributed by atoms with Gasteiger partial charge in [-0.3, -0.25) is 9.59 Å². The summed E-state index contributed by atoms with van der Waals surface area (Å²) in [5.74, 6) is -0.454. The van der Waals surface area contributed by atoms with Crippen LogP contribution in [-0.2, 0) is 11.3 Å². The summed E-state index contributed by atoms with van der Waals surface area (Å²) in [6, 6.07) is 9.99. The van der Waals surface area contributed by atoms with Gasteiger partial charge in [0, 0.05) is 24.8 Å². The molecule has 0 aliphatic carbocycles. The molecule has 5 nitrogen and oxygen atoms in total. The number of hydrogen-bond acceptors (Lipinski definition) is 4. The number of methoxy groups -OCH3 is 1. The molecule has 0 spiro atoms. The maximum atomic E-state index is 12.6. The smallest absolute Gasteiger partial charge is 0.279 e. The van der Waals surface area contributed by atoms with E-state index >= 15 is 0 Å². The average molecular weight is 423 g/mol. The number of carbonyl (C=O) groups excluding carboxylic acids is 2. The van der Waals surface area contributed by atoms with Crippen molar-refractivity contribution in [2.75, 3.05) is 13.7 Å². The van der Waals surface area contributed by atoms with Crippen molar-refractivity contribution < 1.29 is 14.3 Å². The summed E-state index contributed by atoms with van der Waals surface area (Å²) in [6.45, 7) is 2.39. The maximum absolute atomic E-state index is 12.6. The fourth-order valence-corrected chi connectivity index (χ4v) is 4.12. The topological polar surface area (TPSA) is 60.7 Å². The molecule has 0 fully saturated rings. The summed E-state index contributed by atoms with van der Waals surface area (Å²) < 4.78 is 7.87. The fraction of sp³-hybridized carbons (Fsp3) is 0.211. The van der Waals surface area contributed by atoms with Gasteiger partial charge in [0.05, 0.1) is 26.9 Å². The molecule has 0 aliphatic rings. The largest absolute Gasteiger partial charge is 0.383 e. The van der Waals surface area contributed by atoms with Crippen molar-refractivity contribution in [2.24, 2.45) is 4.99 Å². The van der Waals surface area contributed by atoms with Gasteiger partial charge in [-0.05, 0) is 31.2 Å². The molecule has 0 N–H and O–H groups in total. The SMILES string of the molecule is COCCn1c(=NC(=O)c2ccc(C(C)=O)cc2)sc2ccc(Cl)c(Cl)c21. The first-order valence-electron chi connectivity index (χ1n) is 8.08. The quantitative estimate of drug-likeness (QED) is 0.564. The Morgan fingerprint density at radius 1 is 1.11 bits per heavy atom. The van der Waals surface area contributed by atoms with E-state index in [1.54, 1.807) is 37.4 Å². The molecule has 0 bridgehead atoms. The van der Waals surface area contributed by atoms with Gasteiger partial charge in [-0.15, -0.1) is 0 Å². The van der Waals surface area contributed by atoms with E-state index in [-0.39, 0.29) is 5.78 Å². The van der Waals surface area contributed by atoms with E-state index in [2.05, 4.69) is 4.99 Å². The number of benzene rings is 2. The van der Waals surface area contributed by atoms with Gasteiger partial charge in [-0.1, -0.05) is 46.7 Å². The average Bonchev–Trinajstić information content (AvgIpc) is 3.00. The highest BCUT2D eigenvalue weighted by Crippen LogP contribution is 2.32. The Balaban J connectivity index is 2.10. The lowest BCUT2D eigenvalue weighted by atomic mass is 10.1. The van der Waals surface area contributed by atoms with Crippen LogP contribution >= 0.6 is 34.5 Å². The molecular formula is C19H16Cl2N2O3S. The highest BCUT2D eigenvalue weighted by Gasteiger charge is 2.14. The molecule has 3 aromatic rings. The first-order chi connectivity index (χ1) is 12.9. The Labute approximate surface area is 169 Å². The van der Waals surface area contributed by atoms with E-state index in [0.29, 0.717) is 39.1 Å². The number of ether oxygens (including phenoxy) is 1. The molecule has 8 heteroatoms. The molecule has 0 atom stereocenters. The van der Waals surface area contributed by atoms with Crippen molar-refractivity contribution in [3.63, 3.8) is 0 Å². The second kappa shape index (κ2) is 8.35. The molecule has 3 rings (SSSR count). The summed E-state index contributed by atoms with van der Waals surface area (Å²) in [6.07, 6.45) is 0. The third-order valence-electron chi connectivity index (χ3n) is 3.99. The Morgan fingerprint density at radius 2 is 1.78 bits per heavy atom. The summed E-state index contributed by atoms with van der Waals surface area (Å²) in [4.78, 5) is 28.7. The summed E-state index contributed by atoms with van der Waals surface area (Å²) in [5, 5.41) is 0.854. The minimum atomic E-state index is -0.398. The zero-order valence-electron chi connectivity index (χ0n) is 14.7. The summed E-state index contributed by atoms with van der Waals surface area (Å²) in [7, 11) is 1.60. The zero-order chi connectivity index (χ0) is 19.6. The first kappa shape index (κ1) is 19.8. The second-order valence-corrected chi connectivity index (χ2v) is 7.58. The van der Waals surface area contributed by atoms with Crippen molar-refractivity contribution in [1.29, 1.82) is 0 Å². The third kappa shape index (κ3) is 4.14. The van der Waals surface area contributed by atoms with Gasteiger partial charge < -0.3 is 9.30 Å². The van der Waals surface area contributed by atoms with Crippen LogP contribution in [-0.4, -0.2) is 30.0 Å². The van der Waals surface area contributed by atoms with E-state index in [4.69, 9.17) is 27.9 Å². The lowest BCUT2D eigenvalue weighted by Gasteiger charge is -2.06. The maximum Gasteiger partial charge on any atom is 0.279 e. The highest BCUT2D eigenvalue weighted by atomic mass is 35.5. The molecule has 0 saturated carbocycles. The van der Waals surface area contributed by atoms with Gasteiger partial charge in [-0.2, -0.15) is 4.99 Å². The number of carbonyl (C=O) groups is 2. The van der Waals surface area contributed by atoms with Gasteiger partial charge >= 0.3 is 0 Å². The van der Waals surface area contributed by atoms with Crippen molar-refractivity contribution >= 4 is 56.4 Å². The molecule has 0 unspecified atom stereocenters. The van der Waals surface area contributed by atoms with Crippen molar-refractivity contribution in [2.45, 2.75) is 13.5 Å². The van der Waals surface area contributed by atoms with Gasteiger partial charge in [0.1, 0.15) is 0 Å². The second-order valence-electron chi connectivity index (χ2n) is 5.79. The minimum Gasteiger partial charge on any atom is -0.383 e. The minimum absolute atomic E-state index is 0.0561. The Kier molecular flexibility index (Phi) is 6.11. The molecule has 0 saturated heterocycles. The number of halogens is 2. The summed E-state index contributed by atoms with van der Waals surface area (Å²) in [5.41, 5.74) is 1.68. The number of nitrogens with zero attached hydrogens (tertiary/aromatic N) is 2. The molecular weight excluding hydrogens is 407 g/mol. The molecule has 1 aromatic heterocycles. The van der Waals surface area contributed by atoms with Crippen LogP contribution in [0, 0.1) is 0 Å². The highest BCUT2D eigenvalue weighted by molar-refractivity contribution is 7.16. The number of Topliss-reactive ketones (excluding diaryl/α,β-unsaturated/α-hetero) is 1. The zero-order valence-corrected chi connectivity index (χ0v) is 17.0. The normalized spacial score (nSPS) is 11.9. The predicted molar refractivity (Wildman–Crippen MR) is 108 cm³/mol. The van der Waals surface area contributed by atoms with E-state index < -0.39 is 5.91 Å². The van der Waals surface area contributed by atoms with Crippen LogP contribution in [0.5, 0.6) is 0 Å². The number of fused-ring (bicyclic) bond motifs is 1. The number of thiazole rings is 1. The standard InChI is InChI=1S/C19H16Cl2N2O3S/c1-11(24)12-3-5-13(6-4-12)18(25)22-19-23(9-10-26-2)17-15(27-19)8-7-14(20)16(17)21/h3-8H,9-10H2,1-2H3. The molecule has 2 aromatic carbocycles. The predicted octanol–water partition coefficient (Wildman–Crippen LogP) is 4.60. The van der Waals surface area contributed by atoms with Crippen molar-refractivity contribution in [3.05, 3.63) is 62.4 Å². The van der Waals surface area contributed by atoms with E-state index in [0.717, 1.165) is 10.2 Å². The van der Waals surface area contributed by atoms with Gasteiger partial charge in [0.15, 0.2) is 10.6 Å². The Morgan fingerprint density at radius 3 is 2.41 bits per heavy atom. The van der Waals surface area contributed by atoms with Crippen LogP contribution in [0.2, 0.25) is 10.0 Å². The molecule has 1 heterocycles. The Bertz CT molecular complexity index is 1080. The molecule has 1 amide bonds. The fourth-order valence-electron chi connectivity index (χ4n) is 2.58. The van der Waals surface area contributed by atoms with Crippen LogP contribution in [0.1, 0.15) is 27.6 Å². The lowest BCUT2D eigenvalue weighted by Crippen LogP contribution is -2.19. The molecule has 0 radical (unpaired) electrons. The lowest BCUT2D eigenvalue weighted by molar-refractivity contribution is 0.0991. The molecule has 0 aliphatic heterocycles. The van der Waals surface area contributed by atoms with E-state index in [1.165, 1.54) is 18.3 Å². The van der Waals surface area contributed by atoms with Gasteiger partial charge in [-0.25, -0.2) is 0 Å². The van der Waals surface area contributed by atoms with Crippen molar-refractivity contribution in [1.82, 2.24) is 4.57 Å². The molecule has 140 valence electrons. The van der Waals surface area contributed by atoms with Crippen molar-refractivity contribution in [3.8, 4) is 0 Å². The van der Waals surface area contributed by atoms with Gasteiger partial charge in [0.25, 0.3) is 5.91 Å². The monoisotopic (exact) mass is 422 g/mol. The number of rotatable bonds is 5. The van der Waals surface area contributed by atoms with Crippen LogP contribution in [0.25, 0.3) is 10.2 Å². The van der Waals surface area contributed by atoms with E-state index in [9.17, 15) is 9.59 Å². The van der Waals surface area contributed by atoms with Crippen LogP contribution < -0.4 is 4.80 Å². The van der Waals surface area contributed by atoms with E-state index in [1.807, 2.05) is 10.6 Å². The number of amides is 1. The number of aromatic nitrogens is 1. The molecule has 27 heavy (non-hydrogen) atoms. The van der Waals surface area contributed by atoms with Gasteiger partial charge in [0.2, 0.25) is 0 Å². The van der Waals surface area contributed by atoms with Crippen LogP contribution in [0.4, 0.5) is 0 Å². The first-order valence-corrected chi connectivity index (χ1v) is 9.66. The van der Waals surface area contributed by atoms with Crippen LogP contribution in [0.3, 0.4) is 0 Å². The third-order valence-corrected chi connectivity index (χ3v) is 5.83.